The van der Waals surface area contributed by atoms with Gasteiger partial charge in [-0.25, -0.2) is 0 Å². The molecule has 0 aliphatic rings. The Balaban J connectivity index is 2.23. The van der Waals surface area contributed by atoms with E-state index in [2.05, 4.69) is 6.92 Å². The lowest BCUT2D eigenvalue weighted by atomic mass is 10.1. The number of rotatable bonds is 2. The molecule has 0 aliphatic heterocycles. The van der Waals surface area contributed by atoms with Gasteiger partial charge in [-0.05, 0) is 48.9 Å². The minimum absolute atomic E-state index is 0.0580. The van der Waals surface area contributed by atoms with E-state index >= 15 is 0 Å². The highest BCUT2D eigenvalue weighted by atomic mass is 35.5. The molecule has 1 radical (unpaired) electrons. The van der Waals surface area contributed by atoms with E-state index in [-0.39, 0.29) is 5.91 Å². The van der Waals surface area contributed by atoms with Crippen LogP contribution in [-0.4, -0.2) is 13.0 Å². The fourth-order valence-electron chi connectivity index (χ4n) is 1.62. The summed E-state index contributed by atoms with van der Waals surface area (Å²) in [6.45, 7) is 3.79. The molecular formula is C15H13ClNO. The Morgan fingerprint density at radius 1 is 1.06 bits per heavy atom. The van der Waals surface area contributed by atoms with Gasteiger partial charge in [-0.1, -0.05) is 23.7 Å². The molecule has 0 unspecified atom stereocenters. The Bertz CT molecular complexity index is 546. The lowest BCUT2D eigenvalue weighted by Gasteiger charge is -2.17. The van der Waals surface area contributed by atoms with Gasteiger partial charge in [0.05, 0.1) is 0 Å². The van der Waals surface area contributed by atoms with Crippen LogP contribution < -0.4 is 4.90 Å². The zero-order valence-corrected chi connectivity index (χ0v) is 10.8. The molecule has 2 nitrogen and oxygen atoms in total. The van der Waals surface area contributed by atoms with E-state index in [1.807, 2.05) is 24.3 Å². The number of anilines is 1. The summed E-state index contributed by atoms with van der Waals surface area (Å²) in [5, 5.41) is 0.654. The van der Waals surface area contributed by atoms with E-state index in [4.69, 9.17) is 11.6 Å². The molecule has 18 heavy (non-hydrogen) atoms. The number of carbonyl (C=O) groups is 1. The standard InChI is InChI=1S/C15H13ClNO/c1-11-3-5-12(6-4-11)15(18)17(2)14-9-7-13(16)8-10-14/h3-10H,1H2,2H3. The highest BCUT2D eigenvalue weighted by molar-refractivity contribution is 6.30. The van der Waals surface area contributed by atoms with Crippen LogP contribution in [0, 0.1) is 6.92 Å². The normalized spacial score (nSPS) is 10.2. The largest absolute Gasteiger partial charge is 0.311 e. The zero-order valence-electron chi connectivity index (χ0n) is 10.1. The molecule has 0 N–H and O–H groups in total. The van der Waals surface area contributed by atoms with Gasteiger partial charge in [-0.15, -0.1) is 0 Å². The van der Waals surface area contributed by atoms with Crippen LogP contribution in [0.2, 0.25) is 5.02 Å². The Morgan fingerprint density at radius 3 is 2.17 bits per heavy atom. The summed E-state index contributed by atoms with van der Waals surface area (Å²) < 4.78 is 0. The molecule has 0 aliphatic carbocycles. The van der Waals surface area contributed by atoms with E-state index in [1.54, 1.807) is 36.2 Å². The topological polar surface area (TPSA) is 20.3 Å². The van der Waals surface area contributed by atoms with Crippen molar-refractivity contribution in [2.24, 2.45) is 0 Å². The van der Waals surface area contributed by atoms with Crippen molar-refractivity contribution in [2.75, 3.05) is 11.9 Å². The summed E-state index contributed by atoms with van der Waals surface area (Å²) in [6, 6.07) is 14.4. The Morgan fingerprint density at radius 2 is 1.61 bits per heavy atom. The third-order valence-electron chi connectivity index (χ3n) is 2.72. The van der Waals surface area contributed by atoms with Crippen LogP contribution in [0.5, 0.6) is 0 Å². The average molecular weight is 259 g/mol. The van der Waals surface area contributed by atoms with Crippen LogP contribution in [0.1, 0.15) is 15.9 Å². The van der Waals surface area contributed by atoms with Gasteiger partial charge in [-0.3, -0.25) is 4.79 Å². The SMILES string of the molecule is [CH2]c1ccc(C(=O)N(C)c2ccc(Cl)cc2)cc1. The minimum Gasteiger partial charge on any atom is -0.311 e. The second kappa shape index (κ2) is 5.23. The lowest BCUT2D eigenvalue weighted by molar-refractivity contribution is 0.0993. The van der Waals surface area contributed by atoms with Crippen LogP contribution in [0.3, 0.4) is 0 Å². The van der Waals surface area contributed by atoms with Gasteiger partial charge in [0.1, 0.15) is 0 Å². The summed E-state index contributed by atoms with van der Waals surface area (Å²) in [6.07, 6.45) is 0. The summed E-state index contributed by atoms with van der Waals surface area (Å²) in [7, 11) is 1.74. The highest BCUT2D eigenvalue weighted by Gasteiger charge is 2.12. The second-order valence-corrected chi connectivity index (χ2v) is 4.47. The number of carbonyl (C=O) groups excluding carboxylic acids is 1. The molecule has 0 atom stereocenters. The third-order valence-corrected chi connectivity index (χ3v) is 2.97. The zero-order chi connectivity index (χ0) is 13.1. The molecule has 2 aromatic carbocycles. The monoisotopic (exact) mass is 258 g/mol. The number of nitrogens with zero attached hydrogens (tertiary/aromatic N) is 1. The fraction of sp³-hybridized carbons (Fsp3) is 0.0667. The van der Waals surface area contributed by atoms with E-state index in [9.17, 15) is 4.79 Å². The minimum atomic E-state index is -0.0580. The molecule has 0 heterocycles. The predicted octanol–water partition coefficient (Wildman–Crippen LogP) is 3.80. The number of amides is 1. The van der Waals surface area contributed by atoms with Crippen molar-refractivity contribution in [3.05, 3.63) is 71.6 Å². The van der Waals surface area contributed by atoms with Gasteiger partial charge in [0.2, 0.25) is 0 Å². The summed E-state index contributed by atoms with van der Waals surface area (Å²) in [5.74, 6) is -0.0580. The first-order valence-corrected chi connectivity index (χ1v) is 5.91. The van der Waals surface area contributed by atoms with Gasteiger partial charge < -0.3 is 4.90 Å². The van der Waals surface area contributed by atoms with Crippen molar-refractivity contribution in [2.45, 2.75) is 0 Å². The van der Waals surface area contributed by atoms with Crippen molar-refractivity contribution in [1.29, 1.82) is 0 Å². The molecule has 1 amide bonds. The molecule has 2 rings (SSSR count). The summed E-state index contributed by atoms with van der Waals surface area (Å²) in [5.41, 5.74) is 2.34. The number of hydrogen-bond acceptors (Lipinski definition) is 1. The molecule has 3 heteroatoms. The molecule has 0 aromatic heterocycles. The Kier molecular flexibility index (Phi) is 3.68. The Labute approximate surface area is 112 Å². The van der Waals surface area contributed by atoms with E-state index in [0.29, 0.717) is 10.6 Å². The second-order valence-electron chi connectivity index (χ2n) is 4.04. The molecule has 0 saturated heterocycles. The number of benzene rings is 2. The Hall–Kier alpha value is -1.80. The first-order valence-electron chi connectivity index (χ1n) is 5.53. The van der Waals surface area contributed by atoms with E-state index < -0.39 is 0 Å². The van der Waals surface area contributed by atoms with Crippen LogP contribution in [0.15, 0.2) is 48.5 Å². The summed E-state index contributed by atoms with van der Waals surface area (Å²) >= 11 is 5.82. The van der Waals surface area contributed by atoms with E-state index in [0.717, 1.165) is 11.3 Å². The van der Waals surface area contributed by atoms with E-state index in [1.165, 1.54) is 0 Å². The average Bonchev–Trinajstić information content (AvgIpc) is 2.39. The van der Waals surface area contributed by atoms with Crippen LogP contribution in [0.25, 0.3) is 0 Å². The predicted molar refractivity (Wildman–Crippen MR) is 75.1 cm³/mol. The smallest absolute Gasteiger partial charge is 0.258 e. The molecular weight excluding hydrogens is 246 g/mol. The maximum atomic E-state index is 12.2. The fourth-order valence-corrected chi connectivity index (χ4v) is 1.75. The molecule has 0 spiro atoms. The first-order chi connectivity index (χ1) is 8.58. The molecule has 0 saturated carbocycles. The van der Waals surface area contributed by atoms with Gasteiger partial charge in [-0.2, -0.15) is 0 Å². The highest BCUT2D eigenvalue weighted by Crippen LogP contribution is 2.18. The van der Waals surface area contributed by atoms with Crippen molar-refractivity contribution < 1.29 is 4.79 Å². The molecule has 91 valence electrons. The van der Waals surface area contributed by atoms with Crippen molar-refractivity contribution >= 4 is 23.2 Å². The number of halogens is 1. The van der Waals surface area contributed by atoms with Gasteiger partial charge in [0.25, 0.3) is 5.91 Å². The lowest BCUT2D eigenvalue weighted by Crippen LogP contribution is -2.26. The molecule has 0 fully saturated rings. The summed E-state index contributed by atoms with van der Waals surface area (Å²) in [4.78, 5) is 13.8. The van der Waals surface area contributed by atoms with Crippen molar-refractivity contribution in [3.63, 3.8) is 0 Å². The van der Waals surface area contributed by atoms with Gasteiger partial charge in [0.15, 0.2) is 0 Å². The molecule has 2 aromatic rings. The quantitative estimate of drug-likeness (QED) is 0.802. The molecule has 0 bridgehead atoms. The van der Waals surface area contributed by atoms with Crippen molar-refractivity contribution in [1.82, 2.24) is 0 Å². The maximum Gasteiger partial charge on any atom is 0.258 e. The van der Waals surface area contributed by atoms with Crippen LogP contribution in [-0.2, 0) is 0 Å². The van der Waals surface area contributed by atoms with Crippen LogP contribution in [0.4, 0.5) is 5.69 Å². The van der Waals surface area contributed by atoms with Gasteiger partial charge >= 0.3 is 0 Å². The number of hydrogen-bond donors (Lipinski definition) is 0. The maximum absolute atomic E-state index is 12.2. The van der Waals surface area contributed by atoms with Crippen molar-refractivity contribution in [3.8, 4) is 0 Å². The van der Waals surface area contributed by atoms with Gasteiger partial charge in [0, 0.05) is 23.3 Å². The first kappa shape index (κ1) is 12.7. The van der Waals surface area contributed by atoms with Crippen LogP contribution >= 0.6 is 11.6 Å². The third kappa shape index (κ3) is 2.71.